The van der Waals surface area contributed by atoms with Crippen LogP contribution in [-0.4, -0.2) is 72.3 Å². The summed E-state index contributed by atoms with van der Waals surface area (Å²) in [6.45, 7) is 2.82. The minimum absolute atomic E-state index is 0.0815. The van der Waals surface area contributed by atoms with Crippen LogP contribution in [-0.2, 0) is 21.9 Å². The quantitative estimate of drug-likeness (QED) is 0.689. The number of carbonyl (C=O) groups is 1. The smallest absolute Gasteiger partial charge is 0.236 e. The van der Waals surface area contributed by atoms with Crippen LogP contribution in [0.3, 0.4) is 0 Å². The van der Waals surface area contributed by atoms with Crippen LogP contribution in [0.25, 0.3) is 6.08 Å². The van der Waals surface area contributed by atoms with Gasteiger partial charge in [0.15, 0.2) is 0 Å². The standard InChI is InChI=1S/C23H30N4O3S/c1-24-12-5-9-21(24)22-10-6-13-26(22)19-23(28)25-14-16-27(17-15-25)31(29,30)18-11-20-7-3-2-4-8-20/h2-5,7-9,11-12,18,22H,6,10,13-17,19H2,1H3/b18-11+. The first-order valence-electron chi connectivity index (χ1n) is 10.8. The number of piperazine rings is 1. The molecule has 2 aliphatic heterocycles. The predicted molar refractivity (Wildman–Crippen MR) is 122 cm³/mol. The Morgan fingerprint density at radius 1 is 1.03 bits per heavy atom. The molecule has 8 heteroatoms. The molecule has 1 amide bonds. The van der Waals surface area contributed by atoms with Gasteiger partial charge in [0.05, 0.1) is 12.6 Å². The van der Waals surface area contributed by atoms with Crippen molar-refractivity contribution in [3.05, 3.63) is 65.3 Å². The molecular weight excluding hydrogens is 412 g/mol. The molecule has 2 fully saturated rings. The SMILES string of the molecule is Cn1cccc1C1CCCN1CC(=O)N1CCN(S(=O)(=O)/C=C/c2ccccc2)CC1. The van der Waals surface area contributed by atoms with Crippen LogP contribution < -0.4 is 0 Å². The van der Waals surface area contributed by atoms with Crippen molar-refractivity contribution in [1.82, 2.24) is 18.7 Å². The van der Waals surface area contributed by atoms with Crippen LogP contribution in [0.2, 0.25) is 0 Å². The summed E-state index contributed by atoms with van der Waals surface area (Å²) in [4.78, 5) is 17.0. The topological polar surface area (TPSA) is 65.9 Å². The highest BCUT2D eigenvalue weighted by Gasteiger charge is 2.32. The normalized spacial score (nSPS) is 21.2. The van der Waals surface area contributed by atoms with Gasteiger partial charge in [-0.05, 0) is 43.2 Å². The summed E-state index contributed by atoms with van der Waals surface area (Å²) >= 11 is 0. The number of aromatic nitrogens is 1. The minimum atomic E-state index is -3.49. The maximum Gasteiger partial charge on any atom is 0.236 e. The second-order valence-electron chi connectivity index (χ2n) is 8.21. The maximum atomic E-state index is 12.9. The number of sulfonamides is 1. The average Bonchev–Trinajstić information content (AvgIpc) is 3.41. The van der Waals surface area contributed by atoms with E-state index in [1.165, 1.54) is 15.4 Å². The number of benzene rings is 1. The van der Waals surface area contributed by atoms with E-state index in [1.807, 2.05) is 49.6 Å². The van der Waals surface area contributed by atoms with E-state index in [2.05, 4.69) is 15.5 Å². The zero-order chi connectivity index (χ0) is 21.8. The van der Waals surface area contributed by atoms with Gasteiger partial charge >= 0.3 is 0 Å². The van der Waals surface area contributed by atoms with E-state index in [9.17, 15) is 13.2 Å². The lowest BCUT2D eigenvalue weighted by molar-refractivity contribution is -0.133. The van der Waals surface area contributed by atoms with Crippen LogP contribution in [0.1, 0.15) is 30.1 Å². The third kappa shape index (κ3) is 5.08. The number of nitrogens with zero attached hydrogens (tertiary/aromatic N) is 4. The summed E-state index contributed by atoms with van der Waals surface area (Å²) in [6, 6.07) is 13.8. The highest BCUT2D eigenvalue weighted by atomic mass is 32.2. The molecule has 0 bridgehead atoms. The Bertz CT molecular complexity index is 1020. The first-order chi connectivity index (χ1) is 14.9. The molecule has 1 aromatic heterocycles. The van der Waals surface area contributed by atoms with E-state index in [0.717, 1.165) is 24.9 Å². The molecule has 1 aromatic carbocycles. The van der Waals surface area contributed by atoms with Gasteiger partial charge in [-0.15, -0.1) is 0 Å². The maximum absolute atomic E-state index is 12.9. The third-order valence-corrected chi connectivity index (χ3v) is 7.78. The van der Waals surface area contributed by atoms with E-state index in [4.69, 9.17) is 0 Å². The second-order valence-corrected chi connectivity index (χ2v) is 10.0. The lowest BCUT2D eigenvalue weighted by Gasteiger charge is -2.35. The fraction of sp³-hybridized carbons (Fsp3) is 0.435. The lowest BCUT2D eigenvalue weighted by atomic mass is 10.1. The fourth-order valence-electron chi connectivity index (χ4n) is 4.45. The number of amides is 1. The Labute approximate surface area is 184 Å². The minimum Gasteiger partial charge on any atom is -0.353 e. The van der Waals surface area contributed by atoms with Crippen molar-refractivity contribution in [2.75, 3.05) is 39.3 Å². The summed E-state index contributed by atoms with van der Waals surface area (Å²) in [5.41, 5.74) is 2.09. The molecule has 2 aliphatic rings. The zero-order valence-corrected chi connectivity index (χ0v) is 18.7. The molecule has 166 valence electrons. The summed E-state index contributed by atoms with van der Waals surface area (Å²) in [6.07, 6.45) is 5.80. The van der Waals surface area contributed by atoms with Gasteiger partial charge in [0, 0.05) is 50.5 Å². The van der Waals surface area contributed by atoms with Crippen molar-refractivity contribution in [1.29, 1.82) is 0 Å². The van der Waals surface area contributed by atoms with Crippen LogP contribution >= 0.6 is 0 Å². The highest BCUT2D eigenvalue weighted by Crippen LogP contribution is 2.31. The summed E-state index contributed by atoms with van der Waals surface area (Å²) in [5, 5.41) is 1.26. The van der Waals surface area contributed by atoms with E-state index in [1.54, 1.807) is 11.0 Å². The monoisotopic (exact) mass is 442 g/mol. The van der Waals surface area contributed by atoms with Gasteiger partial charge in [-0.25, -0.2) is 8.42 Å². The van der Waals surface area contributed by atoms with Gasteiger partial charge in [0.25, 0.3) is 0 Å². The average molecular weight is 443 g/mol. The molecule has 0 aliphatic carbocycles. The van der Waals surface area contributed by atoms with Crippen LogP contribution in [0.15, 0.2) is 54.1 Å². The number of likely N-dealkylation sites (tertiary alicyclic amines) is 1. The Kier molecular flexibility index (Phi) is 6.60. The summed E-state index contributed by atoms with van der Waals surface area (Å²) in [7, 11) is -1.45. The number of carbonyl (C=O) groups excluding carboxylic acids is 1. The van der Waals surface area contributed by atoms with Gasteiger partial charge in [0.1, 0.15) is 0 Å². The van der Waals surface area contributed by atoms with Crippen molar-refractivity contribution in [2.45, 2.75) is 18.9 Å². The van der Waals surface area contributed by atoms with Crippen LogP contribution in [0, 0.1) is 0 Å². The van der Waals surface area contributed by atoms with E-state index < -0.39 is 10.0 Å². The van der Waals surface area contributed by atoms with Gasteiger partial charge in [-0.2, -0.15) is 4.31 Å². The molecule has 31 heavy (non-hydrogen) atoms. The predicted octanol–water partition coefficient (Wildman–Crippen LogP) is 2.31. The van der Waals surface area contributed by atoms with E-state index in [0.29, 0.717) is 32.7 Å². The first-order valence-corrected chi connectivity index (χ1v) is 12.3. The Morgan fingerprint density at radius 3 is 2.45 bits per heavy atom. The van der Waals surface area contributed by atoms with E-state index >= 15 is 0 Å². The Balaban J connectivity index is 1.31. The Morgan fingerprint density at radius 2 is 1.77 bits per heavy atom. The highest BCUT2D eigenvalue weighted by molar-refractivity contribution is 7.92. The molecule has 4 rings (SSSR count). The van der Waals surface area contributed by atoms with Crippen molar-refractivity contribution in [3.63, 3.8) is 0 Å². The molecule has 0 spiro atoms. The lowest BCUT2D eigenvalue weighted by Crippen LogP contribution is -2.52. The van der Waals surface area contributed by atoms with Crippen molar-refractivity contribution < 1.29 is 13.2 Å². The third-order valence-electron chi connectivity index (χ3n) is 6.21. The second kappa shape index (κ2) is 9.38. The van der Waals surface area contributed by atoms with E-state index in [-0.39, 0.29) is 11.9 Å². The first kappa shape index (κ1) is 21.8. The number of aryl methyl sites for hydroxylation is 1. The summed E-state index contributed by atoms with van der Waals surface area (Å²) in [5.74, 6) is 0.0815. The molecule has 1 atom stereocenters. The van der Waals surface area contributed by atoms with Crippen LogP contribution in [0.5, 0.6) is 0 Å². The molecule has 2 saturated heterocycles. The van der Waals surface area contributed by atoms with Crippen molar-refractivity contribution in [2.24, 2.45) is 7.05 Å². The Hall–Kier alpha value is -2.42. The fourth-order valence-corrected chi connectivity index (χ4v) is 5.62. The number of hydrogen-bond donors (Lipinski definition) is 0. The van der Waals surface area contributed by atoms with Crippen LogP contribution in [0.4, 0.5) is 0 Å². The molecule has 3 heterocycles. The molecule has 0 N–H and O–H groups in total. The number of hydrogen-bond acceptors (Lipinski definition) is 4. The van der Waals surface area contributed by atoms with Gasteiger partial charge in [-0.1, -0.05) is 30.3 Å². The van der Waals surface area contributed by atoms with Crippen molar-refractivity contribution >= 4 is 22.0 Å². The summed E-state index contributed by atoms with van der Waals surface area (Å²) < 4.78 is 28.9. The van der Waals surface area contributed by atoms with Gasteiger partial charge in [0.2, 0.25) is 15.9 Å². The van der Waals surface area contributed by atoms with Gasteiger partial charge in [-0.3, -0.25) is 9.69 Å². The van der Waals surface area contributed by atoms with Gasteiger partial charge < -0.3 is 9.47 Å². The van der Waals surface area contributed by atoms with Crippen molar-refractivity contribution in [3.8, 4) is 0 Å². The number of rotatable bonds is 6. The molecule has 0 saturated carbocycles. The largest absolute Gasteiger partial charge is 0.353 e. The zero-order valence-electron chi connectivity index (χ0n) is 17.9. The molecule has 2 aromatic rings. The molecule has 1 unspecified atom stereocenters. The molecule has 7 nitrogen and oxygen atoms in total. The molecular formula is C23H30N4O3S. The molecule has 0 radical (unpaired) electrons.